The predicted molar refractivity (Wildman–Crippen MR) is 238 cm³/mol. The lowest BCUT2D eigenvalue weighted by molar-refractivity contribution is 0.393. The Balaban J connectivity index is 0.818. The highest BCUT2D eigenvalue weighted by atomic mass is 16.5. The summed E-state index contributed by atoms with van der Waals surface area (Å²) in [5.41, 5.74) is 12.4. The zero-order valence-electron chi connectivity index (χ0n) is 34.9. The second-order valence-electron chi connectivity index (χ2n) is 14.7. The highest BCUT2D eigenvalue weighted by Gasteiger charge is 2.05. The van der Waals surface area contributed by atoms with Crippen LogP contribution in [-0.4, -0.2) is 28.4 Å². The standard InChI is InChI=1S/C50H59N5O4/c1-56-47-21-45(22-48(25-47)57-2)35-54-33-43-17-13-41(14-18-43)31-52-29-39-9-5-37(6-10-39)27-51-28-38-7-11-40(12-8-38)30-53-32-42-15-19-44(20-16-42)34-55-36-46-23-49(58-3)26-50(24-46)59-4/h5-26,51-55H,27-36H2,1-4H3. The van der Waals surface area contributed by atoms with Gasteiger partial charge in [0.2, 0.25) is 0 Å². The number of ether oxygens (including phenoxy) is 4. The molecule has 6 aromatic rings. The first-order chi connectivity index (χ1) is 29.0. The Morgan fingerprint density at radius 1 is 0.237 bits per heavy atom. The molecule has 0 saturated heterocycles. The molecule has 6 aromatic carbocycles. The molecule has 0 heterocycles. The molecule has 308 valence electrons. The fourth-order valence-corrected chi connectivity index (χ4v) is 6.79. The first kappa shape index (κ1) is 42.9. The van der Waals surface area contributed by atoms with E-state index in [2.05, 4.69) is 124 Å². The van der Waals surface area contributed by atoms with Crippen molar-refractivity contribution in [3.05, 3.63) is 189 Å². The van der Waals surface area contributed by atoms with Gasteiger partial charge in [0.15, 0.2) is 0 Å². The molecule has 9 nitrogen and oxygen atoms in total. The van der Waals surface area contributed by atoms with Gasteiger partial charge in [0, 0.05) is 77.6 Å². The lowest BCUT2D eigenvalue weighted by atomic mass is 10.1. The highest BCUT2D eigenvalue weighted by Crippen LogP contribution is 2.23. The number of methoxy groups -OCH3 is 4. The van der Waals surface area contributed by atoms with Crippen LogP contribution in [0.2, 0.25) is 0 Å². The van der Waals surface area contributed by atoms with E-state index in [4.69, 9.17) is 18.9 Å². The molecule has 0 radical (unpaired) electrons. The van der Waals surface area contributed by atoms with E-state index in [9.17, 15) is 0 Å². The Hall–Kier alpha value is -5.68. The van der Waals surface area contributed by atoms with Crippen LogP contribution in [0.4, 0.5) is 0 Å². The monoisotopic (exact) mass is 793 g/mol. The third-order valence-corrected chi connectivity index (χ3v) is 10.2. The largest absolute Gasteiger partial charge is 0.497 e. The van der Waals surface area contributed by atoms with Crippen LogP contribution < -0.4 is 45.5 Å². The average molecular weight is 794 g/mol. The van der Waals surface area contributed by atoms with Crippen LogP contribution in [0.25, 0.3) is 0 Å². The summed E-state index contributed by atoms with van der Waals surface area (Å²) in [6.07, 6.45) is 0. The Labute approximate surface area is 350 Å². The summed E-state index contributed by atoms with van der Waals surface area (Å²) in [7, 11) is 6.69. The van der Waals surface area contributed by atoms with Crippen LogP contribution in [-0.2, 0) is 65.4 Å². The van der Waals surface area contributed by atoms with Gasteiger partial charge in [-0.1, -0.05) is 97.1 Å². The van der Waals surface area contributed by atoms with Crippen LogP contribution in [0.3, 0.4) is 0 Å². The van der Waals surface area contributed by atoms with Crippen LogP contribution in [0.15, 0.2) is 133 Å². The molecule has 0 unspecified atom stereocenters. The summed E-state index contributed by atoms with van der Waals surface area (Å²) < 4.78 is 21.5. The maximum Gasteiger partial charge on any atom is 0.122 e. The Morgan fingerprint density at radius 2 is 0.390 bits per heavy atom. The molecule has 0 aromatic heterocycles. The predicted octanol–water partition coefficient (Wildman–Crippen LogP) is 8.17. The molecule has 6 rings (SSSR count). The lowest BCUT2D eigenvalue weighted by Gasteiger charge is -2.11. The zero-order valence-corrected chi connectivity index (χ0v) is 34.9. The molecule has 0 bridgehead atoms. The van der Waals surface area contributed by atoms with Crippen molar-refractivity contribution in [1.82, 2.24) is 26.6 Å². The van der Waals surface area contributed by atoms with E-state index in [1.54, 1.807) is 28.4 Å². The van der Waals surface area contributed by atoms with Gasteiger partial charge in [0.1, 0.15) is 23.0 Å². The molecular weight excluding hydrogens is 735 g/mol. The van der Waals surface area contributed by atoms with Gasteiger partial charge in [-0.25, -0.2) is 0 Å². The van der Waals surface area contributed by atoms with Crippen molar-refractivity contribution in [2.45, 2.75) is 65.4 Å². The van der Waals surface area contributed by atoms with Crippen molar-refractivity contribution in [2.75, 3.05) is 28.4 Å². The third-order valence-electron chi connectivity index (χ3n) is 10.2. The van der Waals surface area contributed by atoms with Crippen molar-refractivity contribution in [3.8, 4) is 23.0 Å². The minimum atomic E-state index is 0.737. The number of benzene rings is 6. The second-order valence-corrected chi connectivity index (χ2v) is 14.7. The van der Waals surface area contributed by atoms with Gasteiger partial charge in [-0.15, -0.1) is 0 Å². The second kappa shape index (κ2) is 23.0. The van der Waals surface area contributed by atoms with Gasteiger partial charge >= 0.3 is 0 Å². The van der Waals surface area contributed by atoms with Gasteiger partial charge in [-0.2, -0.15) is 0 Å². The van der Waals surface area contributed by atoms with E-state index in [0.29, 0.717) is 0 Å². The fourth-order valence-electron chi connectivity index (χ4n) is 6.79. The molecule has 0 spiro atoms. The quantitative estimate of drug-likeness (QED) is 0.0416. The third kappa shape index (κ3) is 14.3. The van der Waals surface area contributed by atoms with Gasteiger partial charge in [-0.05, 0) is 79.9 Å². The summed E-state index contributed by atoms with van der Waals surface area (Å²) in [6.45, 7) is 8.03. The van der Waals surface area contributed by atoms with Crippen LogP contribution in [0.1, 0.15) is 55.6 Å². The first-order valence-electron chi connectivity index (χ1n) is 20.3. The van der Waals surface area contributed by atoms with Crippen molar-refractivity contribution in [1.29, 1.82) is 0 Å². The molecule has 5 N–H and O–H groups in total. The van der Waals surface area contributed by atoms with Crippen LogP contribution in [0.5, 0.6) is 23.0 Å². The Morgan fingerprint density at radius 3 is 0.542 bits per heavy atom. The minimum absolute atomic E-state index is 0.737. The van der Waals surface area contributed by atoms with Gasteiger partial charge < -0.3 is 45.5 Å². The fraction of sp³-hybridized carbons (Fsp3) is 0.280. The van der Waals surface area contributed by atoms with E-state index >= 15 is 0 Å². The van der Waals surface area contributed by atoms with E-state index < -0.39 is 0 Å². The van der Waals surface area contributed by atoms with E-state index in [-0.39, 0.29) is 0 Å². The summed E-state index contributed by atoms with van der Waals surface area (Å²) in [5, 5.41) is 17.8. The maximum atomic E-state index is 5.38. The van der Waals surface area contributed by atoms with Crippen LogP contribution in [0, 0.1) is 0 Å². The van der Waals surface area contributed by atoms with Crippen molar-refractivity contribution in [2.24, 2.45) is 0 Å². The summed E-state index contributed by atoms with van der Waals surface area (Å²) in [6, 6.07) is 47.2. The number of hydrogen-bond acceptors (Lipinski definition) is 9. The van der Waals surface area contributed by atoms with E-state index in [0.717, 1.165) is 99.6 Å². The molecule has 0 fully saturated rings. The Kier molecular flexibility index (Phi) is 16.8. The summed E-state index contributed by atoms with van der Waals surface area (Å²) in [5.74, 6) is 3.20. The van der Waals surface area contributed by atoms with Gasteiger partial charge in [0.25, 0.3) is 0 Å². The van der Waals surface area contributed by atoms with E-state index in [1.165, 1.54) is 44.5 Å². The molecular formula is C50H59N5O4. The first-order valence-corrected chi connectivity index (χ1v) is 20.3. The number of hydrogen-bond donors (Lipinski definition) is 5. The smallest absolute Gasteiger partial charge is 0.122 e. The molecule has 0 amide bonds. The number of nitrogens with one attached hydrogen (secondary N) is 5. The maximum absolute atomic E-state index is 5.38. The van der Waals surface area contributed by atoms with Gasteiger partial charge in [-0.3, -0.25) is 0 Å². The minimum Gasteiger partial charge on any atom is -0.497 e. The normalized spacial score (nSPS) is 11.1. The molecule has 0 aliphatic carbocycles. The van der Waals surface area contributed by atoms with Crippen molar-refractivity contribution < 1.29 is 18.9 Å². The van der Waals surface area contributed by atoms with Gasteiger partial charge in [0.05, 0.1) is 28.4 Å². The molecule has 9 heteroatoms. The molecule has 0 atom stereocenters. The van der Waals surface area contributed by atoms with Crippen LogP contribution >= 0.6 is 0 Å². The van der Waals surface area contributed by atoms with Crippen molar-refractivity contribution >= 4 is 0 Å². The molecule has 59 heavy (non-hydrogen) atoms. The highest BCUT2D eigenvalue weighted by molar-refractivity contribution is 5.39. The topological polar surface area (TPSA) is 97.1 Å². The zero-order chi connectivity index (χ0) is 41.1. The molecule has 0 saturated carbocycles. The molecule has 0 aliphatic rings. The summed E-state index contributed by atoms with van der Waals surface area (Å²) in [4.78, 5) is 0. The lowest BCUT2D eigenvalue weighted by Crippen LogP contribution is -2.15. The SMILES string of the molecule is COc1cc(CNCc2ccc(CNCc3ccc(CNCc4ccc(CNCc5ccc(CNCc6cc(OC)cc(OC)c6)cc5)cc4)cc3)cc2)cc(OC)c1. The average Bonchev–Trinajstić information content (AvgIpc) is 3.28. The summed E-state index contributed by atoms with van der Waals surface area (Å²) >= 11 is 0. The molecule has 0 aliphatic heterocycles. The van der Waals surface area contributed by atoms with Crippen molar-refractivity contribution in [3.63, 3.8) is 0 Å². The number of rotatable bonds is 24. The van der Waals surface area contributed by atoms with E-state index in [1.807, 2.05) is 36.4 Å². The Bertz CT molecular complexity index is 1940.